The molecule has 0 aliphatic carbocycles. The number of rotatable bonds is 10. The molecule has 144 valence electrons. The second kappa shape index (κ2) is 10.1. The first kappa shape index (κ1) is 19.5. The molecule has 0 radical (unpaired) electrons. The van der Waals surface area contributed by atoms with E-state index in [-0.39, 0.29) is 6.10 Å². The van der Waals surface area contributed by atoms with E-state index in [1.165, 1.54) is 30.4 Å². The molecule has 1 unspecified atom stereocenters. The van der Waals surface area contributed by atoms with Gasteiger partial charge in [0, 0.05) is 6.42 Å². The highest BCUT2D eigenvalue weighted by Gasteiger charge is 2.21. The van der Waals surface area contributed by atoms with Crippen molar-refractivity contribution in [2.75, 3.05) is 6.61 Å². The van der Waals surface area contributed by atoms with Crippen LogP contribution in [0.1, 0.15) is 64.4 Å². The van der Waals surface area contributed by atoms with Gasteiger partial charge in [-0.3, -0.25) is 0 Å². The fraction of sp³-hybridized carbons (Fsp3) is 0.458. The molecular formula is C24H31NO2. The summed E-state index contributed by atoms with van der Waals surface area (Å²) in [7, 11) is 0. The molecule has 3 heteroatoms. The first-order chi connectivity index (χ1) is 13.3. The smallest absolute Gasteiger partial charge is 0.133 e. The quantitative estimate of drug-likeness (QED) is 0.444. The van der Waals surface area contributed by atoms with Gasteiger partial charge in [0.1, 0.15) is 11.9 Å². The Bertz CT molecular complexity index is 719. The lowest BCUT2D eigenvalue weighted by atomic mass is 9.98. The number of hydrogen-bond donors (Lipinski definition) is 0. The number of nitrogens with zero attached hydrogens (tertiary/aromatic N) is 1. The summed E-state index contributed by atoms with van der Waals surface area (Å²) in [4.78, 5) is 5.61. The summed E-state index contributed by atoms with van der Waals surface area (Å²) in [5, 5.41) is 4.32. The van der Waals surface area contributed by atoms with Crippen molar-refractivity contribution in [3.8, 4) is 16.9 Å². The maximum absolute atomic E-state index is 5.74. The van der Waals surface area contributed by atoms with Crippen LogP contribution < -0.4 is 4.74 Å². The highest BCUT2D eigenvalue weighted by Crippen LogP contribution is 2.25. The maximum Gasteiger partial charge on any atom is 0.133 e. The van der Waals surface area contributed by atoms with Crippen molar-refractivity contribution in [3.05, 3.63) is 54.1 Å². The predicted octanol–water partition coefficient (Wildman–Crippen LogP) is 6.61. The van der Waals surface area contributed by atoms with E-state index < -0.39 is 0 Å². The van der Waals surface area contributed by atoms with Gasteiger partial charge in [-0.25, -0.2) is 0 Å². The van der Waals surface area contributed by atoms with Gasteiger partial charge in [0.05, 0.1) is 12.3 Å². The Morgan fingerprint density at radius 3 is 2.15 bits per heavy atom. The van der Waals surface area contributed by atoms with Gasteiger partial charge >= 0.3 is 0 Å². The van der Waals surface area contributed by atoms with Crippen molar-refractivity contribution in [1.29, 1.82) is 0 Å². The van der Waals surface area contributed by atoms with Gasteiger partial charge in [-0.2, -0.15) is 0 Å². The summed E-state index contributed by atoms with van der Waals surface area (Å²) in [5.74, 6) is 0.940. The van der Waals surface area contributed by atoms with E-state index in [9.17, 15) is 0 Å². The van der Waals surface area contributed by atoms with Crippen molar-refractivity contribution in [1.82, 2.24) is 0 Å². The number of ether oxygens (including phenoxy) is 1. The summed E-state index contributed by atoms with van der Waals surface area (Å²) < 4.78 is 5.74. The van der Waals surface area contributed by atoms with E-state index in [1.807, 2.05) is 0 Å². The molecule has 27 heavy (non-hydrogen) atoms. The minimum absolute atomic E-state index is 0.256. The zero-order chi connectivity index (χ0) is 18.9. The normalized spacial score (nSPS) is 16.1. The molecule has 3 nitrogen and oxygen atoms in total. The van der Waals surface area contributed by atoms with Gasteiger partial charge in [0.25, 0.3) is 0 Å². The Hall–Kier alpha value is -2.29. The lowest BCUT2D eigenvalue weighted by Gasteiger charge is -2.08. The van der Waals surface area contributed by atoms with E-state index in [1.54, 1.807) is 0 Å². The molecule has 0 bridgehead atoms. The lowest BCUT2D eigenvalue weighted by Crippen LogP contribution is -2.08. The van der Waals surface area contributed by atoms with Crippen LogP contribution in [0.4, 0.5) is 0 Å². The SMILES string of the molecule is CCCCCC1CC(c2ccc(-c3ccc(OCCCC)cc3)cc2)=NO1. The summed E-state index contributed by atoms with van der Waals surface area (Å²) in [6.07, 6.45) is 8.27. The summed E-state index contributed by atoms with van der Waals surface area (Å²) >= 11 is 0. The van der Waals surface area contributed by atoms with Crippen molar-refractivity contribution >= 4 is 5.71 Å². The Labute approximate surface area is 163 Å². The molecular weight excluding hydrogens is 334 g/mol. The molecule has 1 aliphatic rings. The number of unbranched alkanes of at least 4 members (excludes halogenated alkanes) is 3. The van der Waals surface area contributed by atoms with E-state index >= 15 is 0 Å². The fourth-order valence-electron chi connectivity index (χ4n) is 3.31. The molecule has 2 aromatic carbocycles. The average molecular weight is 366 g/mol. The Kier molecular flexibility index (Phi) is 7.32. The van der Waals surface area contributed by atoms with Crippen molar-refractivity contribution in [2.45, 2.75) is 64.9 Å². The highest BCUT2D eigenvalue weighted by atomic mass is 16.6. The van der Waals surface area contributed by atoms with Crippen LogP contribution in [0, 0.1) is 0 Å². The highest BCUT2D eigenvalue weighted by molar-refractivity contribution is 6.01. The zero-order valence-corrected chi connectivity index (χ0v) is 16.6. The molecule has 0 fully saturated rings. The van der Waals surface area contributed by atoms with Gasteiger partial charge in [-0.05, 0) is 48.1 Å². The number of benzene rings is 2. The first-order valence-corrected chi connectivity index (χ1v) is 10.4. The summed E-state index contributed by atoms with van der Waals surface area (Å²) in [6, 6.07) is 17.0. The van der Waals surface area contributed by atoms with Crippen LogP contribution in [-0.2, 0) is 4.84 Å². The van der Waals surface area contributed by atoms with Crippen molar-refractivity contribution < 1.29 is 9.57 Å². The Morgan fingerprint density at radius 2 is 1.48 bits per heavy atom. The largest absolute Gasteiger partial charge is 0.494 e. The molecule has 2 aromatic rings. The van der Waals surface area contributed by atoms with E-state index in [0.29, 0.717) is 0 Å². The standard InChI is InChI=1S/C24H31NO2/c1-3-5-7-8-23-18-24(25-27-23)21-11-9-19(10-12-21)20-13-15-22(16-14-20)26-17-6-4-2/h9-16,23H,3-8,17-18H2,1-2H3. The Balaban J connectivity index is 1.56. The number of hydrogen-bond acceptors (Lipinski definition) is 3. The van der Waals surface area contributed by atoms with Gasteiger partial charge < -0.3 is 9.57 Å². The van der Waals surface area contributed by atoms with Crippen LogP contribution in [0.3, 0.4) is 0 Å². The minimum atomic E-state index is 0.256. The summed E-state index contributed by atoms with van der Waals surface area (Å²) in [6.45, 7) is 5.19. The average Bonchev–Trinajstić information content (AvgIpc) is 3.18. The lowest BCUT2D eigenvalue weighted by molar-refractivity contribution is 0.0771. The Morgan fingerprint density at radius 1 is 0.852 bits per heavy atom. The molecule has 0 saturated heterocycles. The second-order valence-electron chi connectivity index (χ2n) is 7.27. The predicted molar refractivity (Wildman–Crippen MR) is 112 cm³/mol. The molecule has 1 heterocycles. The molecule has 0 spiro atoms. The van der Waals surface area contributed by atoms with Crippen LogP contribution >= 0.6 is 0 Å². The van der Waals surface area contributed by atoms with Gasteiger partial charge in [-0.1, -0.05) is 74.7 Å². The van der Waals surface area contributed by atoms with Gasteiger partial charge in [0.15, 0.2) is 0 Å². The van der Waals surface area contributed by atoms with Crippen LogP contribution in [0.2, 0.25) is 0 Å². The summed E-state index contributed by atoms with van der Waals surface area (Å²) in [5.41, 5.74) is 4.64. The monoisotopic (exact) mass is 365 g/mol. The topological polar surface area (TPSA) is 30.8 Å². The maximum atomic E-state index is 5.74. The molecule has 0 saturated carbocycles. The molecule has 0 N–H and O–H groups in total. The third kappa shape index (κ3) is 5.59. The van der Waals surface area contributed by atoms with Gasteiger partial charge in [0.2, 0.25) is 0 Å². The van der Waals surface area contributed by atoms with Crippen LogP contribution in [0.25, 0.3) is 11.1 Å². The van der Waals surface area contributed by atoms with Crippen molar-refractivity contribution in [2.24, 2.45) is 5.16 Å². The second-order valence-corrected chi connectivity index (χ2v) is 7.27. The molecule has 1 atom stereocenters. The van der Waals surface area contributed by atoms with E-state index in [2.05, 4.69) is 67.5 Å². The third-order valence-corrected chi connectivity index (χ3v) is 5.04. The van der Waals surface area contributed by atoms with E-state index in [0.717, 1.165) is 49.3 Å². The number of oxime groups is 1. The molecule has 0 amide bonds. The van der Waals surface area contributed by atoms with Crippen LogP contribution in [0.15, 0.2) is 53.7 Å². The molecule has 0 aromatic heterocycles. The van der Waals surface area contributed by atoms with Gasteiger partial charge in [-0.15, -0.1) is 0 Å². The molecule has 3 rings (SSSR count). The minimum Gasteiger partial charge on any atom is -0.494 e. The first-order valence-electron chi connectivity index (χ1n) is 10.4. The van der Waals surface area contributed by atoms with Crippen molar-refractivity contribution in [3.63, 3.8) is 0 Å². The fourth-order valence-corrected chi connectivity index (χ4v) is 3.31. The molecule has 1 aliphatic heterocycles. The third-order valence-electron chi connectivity index (χ3n) is 5.04. The van der Waals surface area contributed by atoms with E-state index in [4.69, 9.17) is 9.57 Å². The van der Waals surface area contributed by atoms with Crippen LogP contribution in [-0.4, -0.2) is 18.4 Å². The van der Waals surface area contributed by atoms with Crippen LogP contribution in [0.5, 0.6) is 5.75 Å². The zero-order valence-electron chi connectivity index (χ0n) is 16.6.